The molecule has 6 nitrogen and oxygen atoms in total. The van der Waals surface area contributed by atoms with E-state index in [-0.39, 0.29) is 5.91 Å². The molecule has 3 aromatic rings. The van der Waals surface area contributed by atoms with Crippen LogP contribution in [-0.2, 0) is 13.0 Å². The van der Waals surface area contributed by atoms with Gasteiger partial charge in [-0.25, -0.2) is 0 Å². The second kappa shape index (κ2) is 7.15. The third-order valence-corrected chi connectivity index (χ3v) is 4.79. The molecule has 0 spiro atoms. The van der Waals surface area contributed by atoms with Gasteiger partial charge in [0.05, 0.1) is 14.2 Å². The van der Waals surface area contributed by atoms with Crippen molar-refractivity contribution in [3.63, 3.8) is 0 Å². The standard InChI is InChI=1S/C21H20N2O4/c1-25-19-10-15-8-9-23(13-16(15)11-20(19)26-2)21(24)17-12-18(27-22-17)14-6-4-3-5-7-14/h3-7,10-12H,8-9,13H2,1-2H3. The second-order valence-electron chi connectivity index (χ2n) is 6.40. The van der Waals surface area contributed by atoms with Gasteiger partial charge in [-0.3, -0.25) is 4.79 Å². The van der Waals surface area contributed by atoms with Crippen LogP contribution in [0.25, 0.3) is 11.3 Å². The van der Waals surface area contributed by atoms with Gasteiger partial charge in [-0.05, 0) is 29.7 Å². The molecular weight excluding hydrogens is 344 g/mol. The van der Waals surface area contributed by atoms with Crippen molar-refractivity contribution in [3.05, 3.63) is 65.4 Å². The van der Waals surface area contributed by atoms with Gasteiger partial charge in [0.25, 0.3) is 5.91 Å². The minimum absolute atomic E-state index is 0.138. The van der Waals surface area contributed by atoms with Crippen LogP contribution in [0.4, 0.5) is 0 Å². The van der Waals surface area contributed by atoms with Crippen molar-refractivity contribution in [3.8, 4) is 22.8 Å². The Morgan fingerprint density at radius 1 is 1.04 bits per heavy atom. The van der Waals surface area contributed by atoms with Crippen LogP contribution in [0, 0.1) is 0 Å². The van der Waals surface area contributed by atoms with E-state index in [1.54, 1.807) is 25.2 Å². The van der Waals surface area contributed by atoms with Crippen molar-refractivity contribution in [2.45, 2.75) is 13.0 Å². The van der Waals surface area contributed by atoms with Crippen LogP contribution in [-0.4, -0.2) is 36.7 Å². The topological polar surface area (TPSA) is 64.8 Å². The van der Waals surface area contributed by atoms with Gasteiger partial charge in [-0.2, -0.15) is 0 Å². The Labute approximate surface area is 157 Å². The summed E-state index contributed by atoms with van der Waals surface area (Å²) in [6, 6.07) is 15.2. The number of hydrogen-bond acceptors (Lipinski definition) is 5. The van der Waals surface area contributed by atoms with Crippen LogP contribution in [0.5, 0.6) is 11.5 Å². The molecule has 1 aliphatic rings. The van der Waals surface area contributed by atoms with Gasteiger partial charge < -0.3 is 18.9 Å². The molecule has 138 valence electrons. The number of carbonyl (C=O) groups is 1. The molecule has 1 aromatic heterocycles. The van der Waals surface area contributed by atoms with Crippen molar-refractivity contribution in [2.75, 3.05) is 20.8 Å². The molecule has 6 heteroatoms. The van der Waals surface area contributed by atoms with E-state index < -0.39 is 0 Å². The van der Waals surface area contributed by atoms with E-state index in [0.29, 0.717) is 36.0 Å². The zero-order chi connectivity index (χ0) is 18.8. The average Bonchev–Trinajstić information content (AvgIpc) is 3.22. The molecule has 27 heavy (non-hydrogen) atoms. The highest BCUT2D eigenvalue weighted by Crippen LogP contribution is 2.33. The fourth-order valence-corrected chi connectivity index (χ4v) is 3.33. The maximum Gasteiger partial charge on any atom is 0.276 e. The number of hydrogen-bond donors (Lipinski definition) is 0. The summed E-state index contributed by atoms with van der Waals surface area (Å²) in [6.07, 6.45) is 0.755. The van der Waals surface area contributed by atoms with E-state index in [0.717, 1.165) is 17.5 Å². The minimum Gasteiger partial charge on any atom is -0.493 e. The quantitative estimate of drug-likeness (QED) is 0.708. The Morgan fingerprint density at radius 2 is 1.74 bits per heavy atom. The van der Waals surface area contributed by atoms with Crippen LogP contribution < -0.4 is 9.47 Å². The van der Waals surface area contributed by atoms with Gasteiger partial charge in [0.1, 0.15) is 0 Å². The average molecular weight is 364 g/mol. The molecular formula is C21H20N2O4. The molecule has 0 unspecified atom stereocenters. The van der Waals surface area contributed by atoms with E-state index in [1.165, 1.54) is 5.56 Å². The summed E-state index contributed by atoms with van der Waals surface area (Å²) in [7, 11) is 3.23. The van der Waals surface area contributed by atoms with Crippen LogP contribution in [0.3, 0.4) is 0 Å². The molecule has 0 aliphatic carbocycles. The number of benzene rings is 2. The van der Waals surface area contributed by atoms with Crippen molar-refractivity contribution < 1.29 is 18.8 Å². The third-order valence-electron chi connectivity index (χ3n) is 4.79. The van der Waals surface area contributed by atoms with E-state index in [1.807, 2.05) is 42.5 Å². The fourth-order valence-electron chi connectivity index (χ4n) is 3.33. The maximum absolute atomic E-state index is 12.9. The molecule has 0 saturated heterocycles. The van der Waals surface area contributed by atoms with Gasteiger partial charge in [-0.15, -0.1) is 0 Å². The normalized spacial score (nSPS) is 13.2. The number of carbonyl (C=O) groups excluding carboxylic acids is 1. The van der Waals surface area contributed by atoms with Crippen molar-refractivity contribution in [1.29, 1.82) is 0 Å². The SMILES string of the molecule is COc1cc2c(cc1OC)CN(C(=O)c1cc(-c3ccccc3)on1)CC2. The van der Waals surface area contributed by atoms with Gasteiger partial charge in [0, 0.05) is 24.7 Å². The highest BCUT2D eigenvalue weighted by molar-refractivity contribution is 5.93. The van der Waals surface area contributed by atoms with Gasteiger partial charge in [0.15, 0.2) is 23.0 Å². The van der Waals surface area contributed by atoms with E-state index >= 15 is 0 Å². The monoisotopic (exact) mass is 364 g/mol. The molecule has 0 fully saturated rings. The number of nitrogens with zero attached hydrogens (tertiary/aromatic N) is 2. The third kappa shape index (κ3) is 3.26. The van der Waals surface area contributed by atoms with Crippen molar-refractivity contribution >= 4 is 5.91 Å². The molecule has 0 atom stereocenters. The Bertz CT molecular complexity index is 966. The first-order chi connectivity index (χ1) is 13.2. The highest BCUT2D eigenvalue weighted by Gasteiger charge is 2.26. The zero-order valence-corrected chi connectivity index (χ0v) is 15.3. The lowest BCUT2D eigenvalue weighted by Crippen LogP contribution is -2.36. The first kappa shape index (κ1) is 17.1. The Morgan fingerprint density at radius 3 is 2.44 bits per heavy atom. The van der Waals surface area contributed by atoms with Gasteiger partial charge >= 0.3 is 0 Å². The molecule has 1 aliphatic heterocycles. The first-order valence-corrected chi connectivity index (χ1v) is 8.75. The summed E-state index contributed by atoms with van der Waals surface area (Å²) in [5.41, 5.74) is 3.43. The second-order valence-corrected chi connectivity index (χ2v) is 6.40. The van der Waals surface area contributed by atoms with E-state index in [9.17, 15) is 4.79 Å². The van der Waals surface area contributed by atoms with Gasteiger partial charge in [0.2, 0.25) is 0 Å². The molecule has 0 N–H and O–H groups in total. The summed E-state index contributed by atoms with van der Waals surface area (Å²) < 4.78 is 16.1. The number of fused-ring (bicyclic) bond motifs is 1. The maximum atomic E-state index is 12.9. The summed E-state index contributed by atoms with van der Waals surface area (Å²) in [6.45, 7) is 1.12. The van der Waals surface area contributed by atoms with Gasteiger partial charge in [-0.1, -0.05) is 35.5 Å². The number of methoxy groups -OCH3 is 2. The molecule has 1 amide bonds. The number of rotatable bonds is 4. The summed E-state index contributed by atoms with van der Waals surface area (Å²) in [4.78, 5) is 14.7. The molecule has 0 bridgehead atoms. The van der Waals surface area contributed by atoms with Crippen LogP contribution in [0.1, 0.15) is 21.6 Å². The smallest absolute Gasteiger partial charge is 0.276 e. The van der Waals surface area contributed by atoms with Crippen LogP contribution in [0.2, 0.25) is 0 Å². The fraction of sp³-hybridized carbons (Fsp3) is 0.238. The highest BCUT2D eigenvalue weighted by atomic mass is 16.5. The van der Waals surface area contributed by atoms with Crippen molar-refractivity contribution in [1.82, 2.24) is 10.1 Å². The lowest BCUT2D eigenvalue weighted by atomic mass is 9.98. The molecule has 2 aromatic carbocycles. The van der Waals surface area contributed by atoms with Crippen LogP contribution >= 0.6 is 0 Å². The molecule has 0 radical (unpaired) electrons. The molecule has 2 heterocycles. The lowest BCUT2D eigenvalue weighted by molar-refractivity contribution is 0.0724. The molecule has 0 saturated carbocycles. The first-order valence-electron chi connectivity index (χ1n) is 8.75. The predicted molar refractivity (Wildman–Crippen MR) is 99.9 cm³/mol. The number of aromatic nitrogens is 1. The Balaban J connectivity index is 1.55. The van der Waals surface area contributed by atoms with E-state index in [2.05, 4.69) is 5.16 Å². The van der Waals surface area contributed by atoms with E-state index in [4.69, 9.17) is 14.0 Å². The van der Waals surface area contributed by atoms with Crippen LogP contribution in [0.15, 0.2) is 53.1 Å². The predicted octanol–water partition coefficient (Wildman–Crippen LogP) is 3.56. The Kier molecular flexibility index (Phi) is 4.54. The minimum atomic E-state index is -0.138. The molecule has 4 rings (SSSR count). The summed E-state index contributed by atoms with van der Waals surface area (Å²) >= 11 is 0. The summed E-state index contributed by atoms with van der Waals surface area (Å²) in [5.74, 6) is 1.82. The zero-order valence-electron chi connectivity index (χ0n) is 15.3. The number of ether oxygens (including phenoxy) is 2. The van der Waals surface area contributed by atoms with Crippen molar-refractivity contribution in [2.24, 2.45) is 0 Å². The number of amides is 1. The Hall–Kier alpha value is -3.28. The lowest BCUT2D eigenvalue weighted by Gasteiger charge is -2.29. The summed E-state index contributed by atoms with van der Waals surface area (Å²) in [5, 5.41) is 3.97. The largest absolute Gasteiger partial charge is 0.493 e.